The van der Waals surface area contributed by atoms with Gasteiger partial charge in [0.15, 0.2) is 0 Å². The molecule has 0 aromatic carbocycles. The molecule has 0 bridgehead atoms. The first-order valence-corrected chi connectivity index (χ1v) is 6.83. The number of piperazine rings is 1. The molecule has 104 valence electrons. The second-order valence-corrected chi connectivity index (χ2v) is 6.40. The first kappa shape index (κ1) is 13.6. The average molecular weight is 255 g/mol. The van der Waals surface area contributed by atoms with Crippen molar-refractivity contribution in [2.75, 3.05) is 26.2 Å². The van der Waals surface area contributed by atoms with Crippen molar-refractivity contribution in [3.63, 3.8) is 0 Å². The van der Waals surface area contributed by atoms with Gasteiger partial charge in [0.05, 0.1) is 0 Å². The summed E-state index contributed by atoms with van der Waals surface area (Å²) in [6.45, 7) is 9.22. The van der Waals surface area contributed by atoms with Crippen LogP contribution in [-0.2, 0) is 4.74 Å². The van der Waals surface area contributed by atoms with E-state index in [2.05, 4.69) is 4.90 Å². The minimum Gasteiger partial charge on any atom is -0.444 e. The SMILES string of the molecule is CC(C)(C)OC(=O)N1CCN2CCC(N)CC2C1. The van der Waals surface area contributed by atoms with Crippen molar-refractivity contribution in [1.82, 2.24) is 9.80 Å². The molecule has 5 nitrogen and oxygen atoms in total. The Kier molecular flexibility index (Phi) is 3.82. The van der Waals surface area contributed by atoms with Gasteiger partial charge in [-0.1, -0.05) is 0 Å². The van der Waals surface area contributed by atoms with Crippen LogP contribution in [0.3, 0.4) is 0 Å². The van der Waals surface area contributed by atoms with Crippen molar-refractivity contribution in [2.45, 2.75) is 51.3 Å². The fourth-order valence-corrected chi connectivity index (χ4v) is 2.70. The second kappa shape index (κ2) is 5.05. The minimum absolute atomic E-state index is 0.193. The zero-order valence-corrected chi connectivity index (χ0v) is 11.7. The van der Waals surface area contributed by atoms with Crippen molar-refractivity contribution in [3.8, 4) is 0 Å². The summed E-state index contributed by atoms with van der Waals surface area (Å²) >= 11 is 0. The van der Waals surface area contributed by atoms with Crippen LogP contribution in [0.1, 0.15) is 33.6 Å². The van der Waals surface area contributed by atoms with Crippen molar-refractivity contribution < 1.29 is 9.53 Å². The summed E-state index contributed by atoms with van der Waals surface area (Å²) in [7, 11) is 0. The van der Waals surface area contributed by atoms with Crippen LogP contribution in [0.4, 0.5) is 4.79 Å². The van der Waals surface area contributed by atoms with E-state index in [-0.39, 0.29) is 12.1 Å². The summed E-state index contributed by atoms with van der Waals surface area (Å²) in [5.41, 5.74) is 5.58. The lowest BCUT2D eigenvalue weighted by Gasteiger charge is -2.45. The summed E-state index contributed by atoms with van der Waals surface area (Å²) < 4.78 is 5.42. The summed E-state index contributed by atoms with van der Waals surface area (Å²) in [5, 5.41) is 0. The smallest absolute Gasteiger partial charge is 0.410 e. The Balaban J connectivity index is 1.91. The topological polar surface area (TPSA) is 58.8 Å². The van der Waals surface area contributed by atoms with E-state index < -0.39 is 5.60 Å². The number of nitrogens with zero attached hydrogens (tertiary/aromatic N) is 2. The number of carbonyl (C=O) groups excluding carboxylic acids is 1. The molecule has 0 aromatic heterocycles. The largest absolute Gasteiger partial charge is 0.444 e. The Bertz CT molecular complexity index is 314. The van der Waals surface area contributed by atoms with E-state index in [0.29, 0.717) is 6.04 Å². The van der Waals surface area contributed by atoms with Gasteiger partial charge in [-0.25, -0.2) is 4.79 Å². The number of ether oxygens (including phenoxy) is 1. The van der Waals surface area contributed by atoms with Crippen molar-refractivity contribution in [1.29, 1.82) is 0 Å². The highest BCUT2D eigenvalue weighted by atomic mass is 16.6. The third kappa shape index (κ3) is 3.36. The third-order valence-electron chi connectivity index (χ3n) is 3.62. The number of hydrogen-bond donors (Lipinski definition) is 1. The molecule has 2 aliphatic rings. The van der Waals surface area contributed by atoms with Crippen molar-refractivity contribution >= 4 is 6.09 Å². The molecule has 2 saturated heterocycles. The molecule has 2 heterocycles. The van der Waals surface area contributed by atoms with Crippen molar-refractivity contribution in [2.24, 2.45) is 5.73 Å². The Morgan fingerprint density at radius 3 is 2.67 bits per heavy atom. The van der Waals surface area contributed by atoms with Crippen LogP contribution in [-0.4, -0.2) is 59.8 Å². The predicted octanol–water partition coefficient (Wildman–Crippen LogP) is 1.03. The van der Waals surface area contributed by atoms with Crippen LogP contribution < -0.4 is 5.73 Å². The van der Waals surface area contributed by atoms with Gasteiger partial charge in [-0.3, -0.25) is 4.90 Å². The van der Waals surface area contributed by atoms with Gasteiger partial charge in [-0.2, -0.15) is 0 Å². The van der Waals surface area contributed by atoms with Gasteiger partial charge >= 0.3 is 6.09 Å². The molecular formula is C13H25N3O2. The fraction of sp³-hybridized carbons (Fsp3) is 0.923. The number of nitrogens with two attached hydrogens (primary N) is 1. The molecule has 2 aliphatic heterocycles. The zero-order valence-electron chi connectivity index (χ0n) is 11.7. The van der Waals surface area contributed by atoms with Gasteiger partial charge < -0.3 is 15.4 Å². The van der Waals surface area contributed by atoms with E-state index in [9.17, 15) is 4.79 Å². The number of amides is 1. The normalized spacial score (nSPS) is 29.9. The maximum Gasteiger partial charge on any atom is 0.410 e. The molecule has 0 spiro atoms. The predicted molar refractivity (Wildman–Crippen MR) is 70.4 cm³/mol. The summed E-state index contributed by atoms with van der Waals surface area (Å²) in [4.78, 5) is 16.3. The zero-order chi connectivity index (χ0) is 13.3. The van der Waals surface area contributed by atoms with Crippen LogP contribution in [0.25, 0.3) is 0 Å². The van der Waals surface area contributed by atoms with Crippen LogP contribution in [0.15, 0.2) is 0 Å². The molecule has 2 N–H and O–H groups in total. The number of rotatable bonds is 0. The van der Waals surface area contributed by atoms with E-state index >= 15 is 0 Å². The number of piperidine rings is 1. The lowest BCUT2D eigenvalue weighted by molar-refractivity contribution is -0.00403. The number of hydrogen-bond acceptors (Lipinski definition) is 4. The maximum absolute atomic E-state index is 12.0. The van der Waals surface area contributed by atoms with Gasteiger partial charge in [-0.15, -0.1) is 0 Å². The molecule has 2 unspecified atom stereocenters. The lowest BCUT2D eigenvalue weighted by atomic mass is 9.96. The van der Waals surface area contributed by atoms with Crippen LogP contribution in [0, 0.1) is 0 Å². The van der Waals surface area contributed by atoms with Crippen molar-refractivity contribution in [3.05, 3.63) is 0 Å². The van der Waals surface area contributed by atoms with Crippen LogP contribution in [0.2, 0.25) is 0 Å². The molecule has 2 fully saturated rings. The lowest BCUT2D eigenvalue weighted by Crippen LogP contribution is -2.59. The standard InChI is InChI=1S/C13H25N3O2/c1-13(2,3)18-12(17)16-7-6-15-5-4-10(14)8-11(15)9-16/h10-11H,4-9,14H2,1-3H3. The quantitative estimate of drug-likeness (QED) is 0.702. The first-order valence-electron chi connectivity index (χ1n) is 6.83. The van der Waals surface area contributed by atoms with Crippen LogP contribution in [0.5, 0.6) is 0 Å². The Morgan fingerprint density at radius 2 is 2.00 bits per heavy atom. The second-order valence-electron chi connectivity index (χ2n) is 6.40. The molecule has 5 heteroatoms. The monoisotopic (exact) mass is 255 g/mol. The minimum atomic E-state index is -0.419. The van der Waals surface area contributed by atoms with Gasteiger partial charge in [0.25, 0.3) is 0 Å². The molecule has 0 aromatic rings. The Morgan fingerprint density at radius 1 is 1.28 bits per heavy atom. The molecule has 18 heavy (non-hydrogen) atoms. The van der Waals surface area contributed by atoms with Gasteiger partial charge in [0.1, 0.15) is 5.60 Å². The fourth-order valence-electron chi connectivity index (χ4n) is 2.70. The molecule has 0 radical (unpaired) electrons. The summed E-state index contributed by atoms with van der Waals surface area (Å²) in [6, 6.07) is 0.694. The third-order valence-corrected chi connectivity index (χ3v) is 3.62. The van der Waals surface area contributed by atoms with Crippen LogP contribution >= 0.6 is 0 Å². The molecule has 0 aliphatic carbocycles. The van der Waals surface area contributed by atoms with Gasteiger partial charge in [-0.05, 0) is 33.6 Å². The molecule has 0 saturated carbocycles. The molecule has 2 atom stereocenters. The van der Waals surface area contributed by atoms with Gasteiger partial charge in [0.2, 0.25) is 0 Å². The van der Waals surface area contributed by atoms with E-state index in [1.807, 2.05) is 25.7 Å². The maximum atomic E-state index is 12.0. The van der Waals surface area contributed by atoms with E-state index in [1.54, 1.807) is 0 Å². The highest BCUT2D eigenvalue weighted by Gasteiger charge is 2.34. The van der Waals surface area contributed by atoms with E-state index in [4.69, 9.17) is 10.5 Å². The number of fused-ring (bicyclic) bond motifs is 1. The summed E-state index contributed by atoms with van der Waals surface area (Å²) in [6.07, 6.45) is 1.86. The average Bonchev–Trinajstić information content (AvgIpc) is 2.25. The highest BCUT2D eigenvalue weighted by molar-refractivity contribution is 5.68. The van der Waals surface area contributed by atoms with Gasteiger partial charge in [0, 0.05) is 38.3 Å². The first-order chi connectivity index (χ1) is 8.35. The summed E-state index contributed by atoms with van der Waals surface area (Å²) in [5.74, 6) is 0. The number of carbonyl (C=O) groups is 1. The highest BCUT2D eigenvalue weighted by Crippen LogP contribution is 2.22. The molecule has 2 rings (SSSR count). The van der Waals surface area contributed by atoms with E-state index in [1.165, 1.54) is 0 Å². The Hall–Kier alpha value is -0.810. The Labute approximate surface area is 109 Å². The molecule has 1 amide bonds. The molecular weight excluding hydrogens is 230 g/mol. The van der Waals surface area contributed by atoms with E-state index in [0.717, 1.165) is 39.0 Å².